The maximum atomic E-state index is 13.0. The van der Waals surface area contributed by atoms with Gasteiger partial charge in [-0.25, -0.2) is 4.98 Å². The van der Waals surface area contributed by atoms with Gasteiger partial charge >= 0.3 is 0 Å². The first kappa shape index (κ1) is 23.0. The van der Waals surface area contributed by atoms with E-state index in [1.165, 1.54) is 0 Å². The highest BCUT2D eigenvalue weighted by atomic mass is 35.5. The lowest BCUT2D eigenvalue weighted by atomic mass is 10.2. The first-order valence-corrected chi connectivity index (χ1v) is 12.1. The standard InChI is InChI=1S/C24H28ClN3O3S/c1-16-19(23(29)26-14-17-7-5-12-31-17)13-22(28(16)10-6-11-30-2)21-15-32-24(27-21)18-8-3-4-9-20(18)25/h3-4,8-9,13,15,17H,5-7,10-12,14H2,1-2H3,(H,26,29). The van der Waals surface area contributed by atoms with Crippen LogP contribution in [0.5, 0.6) is 0 Å². The van der Waals surface area contributed by atoms with Crippen LogP contribution in [0, 0.1) is 6.92 Å². The van der Waals surface area contributed by atoms with E-state index < -0.39 is 0 Å². The van der Waals surface area contributed by atoms with E-state index in [4.69, 9.17) is 26.1 Å². The number of carbonyl (C=O) groups excluding carboxylic acids is 1. The lowest BCUT2D eigenvalue weighted by Crippen LogP contribution is -2.32. The fourth-order valence-corrected chi connectivity index (χ4v) is 5.13. The van der Waals surface area contributed by atoms with Crippen LogP contribution in [0.4, 0.5) is 0 Å². The smallest absolute Gasteiger partial charge is 0.253 e. The van der Waals surface area contributed by atoms with Gasteiger partial charge in [-0.1, -0.05) is 29.8 Å². The van der Waals surface area contributed by atoms with E-state index in [2.05, 4.69) is 9.88 Å². The second-order valence-electron chi connectivity index (χ2n) is 7.89. The van der Waals surface area contributed by atoms with Crippen LogP contribution < -0.4 is 5.32 Å². The summed E-state index contributed by atoms with van der Waals surface area (Å²) < 4.78 is 13.0. The zero-order valence-electron chi connectivity index (χ0n) is 18.4. The number of nitrogens with one attached hydrogen (secondary N) is 1. The first-order valence-electron chi connectivity index (χ1n) is 10.9. The van der Waals surface area contributed by atoms with Crippen LogP contribution in [0.2, 0.25) is 5.02 Å². The summed E-state index contributed by atoms with van der Waals surface area (Å²) in [7, 11) is 1.70. The minimum Gasteiger partial charge on any atom is -0.385 e. The Morgan fingerprint density at radius 3 is 3.00 bits per heavy atom. The minimum atomic E-state index is -0.0775. The highest BCUT2D eigenvalue weighted by molar-refractivity contribution is 7.13. The van der Waals surface area contributed by atoms with Gasteiger partial charge in [0.2, 0.25) is 0 Å². The lowest BCUT2D eigenvalue weighted by molar-refractivity contribution is 0.0857. The van der Waals surface area contributed by atoms with Gasteiger partial charge in [-0.05, 0) is 38.3 Å². The topological polar surface area (TPSA) is 65.4 Å². The Kier molecular flexibility index (Phi) is 7.63. The lowest BCUT2D eigenvalue weighted by Gasteiger charge is -2.12. The van der Waals surface area contributed by atoms with Crippen molar-refractivity contribution in [2.45, 2.75) is 38.8 Å². The third-order valence-corrected chi connectivity index (χ3v) is 6.93. The van der Waals surface area contributed by atoms with Gasteiger partial charge in [-0.3, -0.25) is 4.79 Å². The molecule has 32 heavy (non-hydrogen) atoms. The fourth-order valence-electron chi connectivity index (χ4n) is 4.00. The number of aromatic nitrogens is 2. The Balaban J connectivity index is 1.62. The highest BCUT2D eigenvalue weighted by Crippen LogP contribution is 2.34. The Labute approximate surface area is 197 Å². The number of thiazole rings is 1. The van der Waals surface area contributed by atoms with Crippen molar-refractivity contribution in [1.29, 1.82) is 0 Å². The Hall–Kier alpha value is -2.19. The van der Waals surface area contributed by atoms with Crippen LogP contribution >= 0.6 is 22.9 Å². The van der Waals surface area contributed by atoms with Crippen molar-refractivity contribution >= 4 is 28.8 Å². The second kappa shape index (κ2) is 10.6. The van der Waals surface area contributed by atoms with Crippen molar-refractivity contribution in [3.8, 4) is 22.0 Å². The third-order valence-electron chi connectivity index (χ3n) is 5.73. The maximum Gasteiger partial charge on any atom is 0.253 e. The van der Waals surface area contributed by atoms with E-state index in [9.17, 15) is 4.79 Å². The molecule has 1 aliphatic heterocycles. The molecule has 2 aromatic heterocycles. The molecular formula is C24H28ClN3O3S. The van der Waals surface area contributed by atoms with Gasteiger partial charge in [-0.15, -0.1) is 11.3 Å². The molecule has 1 amide bonds. The van der Waals surface area contributed by atoms with Crippen LogP contribution in [0.15, 0.2) is 35.7 Å². The maximum absolute atomic E-state index is 13.0. The van der Waals surface area contributed by atoms with Crippen molar-refractivity contribution in [3.63, 3.8) is 0 Å². The van der Waals surface area contributed by atoms with Crippen LogP contribution in [-0.4, -0.2) is 48.4 Å². The van der Waals surface area contributed by atoms with Crippen LogP contribution in [0.1, 0.15) is 35.3 Å². The molecule has 0 radical (unpaired) electrons. The molecule has 1 saturated heterocycles. The molecule has 1 atom stereocenters. The second-order valence-corrected chi connectivity index (χ2v) is 9.15. The molecule has 1 N–H and O–H groups in total. The molecule has 1 aromatic carbocycles. The van der Waals surface area contributed by atoms with E-state index in [0.29, 0.717) is 23.7 Å². The van der Waals surface area contributed by atoms with Crippen molar-refractivity contribution in [3.05, 3.63) is 52.0 Å². The van der Waals surface area contributed by atoms with E-state index >= 15 is 0 Å². The number of halogens is 1. The molecule has 8 heteroatoms. The quantitative estimate of drug-likeness (QED) is 0.434. The number of methoxy groups -OCH3 is 1. The molecule has 0 bridgehead atoms. The number of hydrogen-bond acceptors (Lipinski definition) is 5. The van der Waals surface area contributed by atoms with E-state index in [1.807, 2.05) is 42.6 Å². The van der Waals surface area contributed by atoms with Gasteiger partial charge in [0, 0.05) is 50.1 Å². The zero-order chi connectivity index (χ0) is 22.5. The van der Waals surface area contributed by atoms with Crippen LogP contribution in [0.3, 0.4) is 0 Å². The molecule has 1 unspecified atom stereocenters. The largest absolute Gasteiger partial charge is 0.385 e. The van der Waals surface area contributed by atoms with Crippen molar-refractivity contribution in [2.24, 2.45) is 0 Å². The van der Waals surface area contributed by atoms with Gasteiger partial charge in [-0.2, -0.15) is 0 Å². The Bertz CT molecular complexity index is 1070. The summed E-state index contributed by atoms with van der Waals surface area (Å²) in [5, 5.41) is 6.60. The van der Waals surface area contributed by atoms with Gasteiger partial charge in [0.15, 0.2) is 0 Å². The molecule has 170 valence electrons. The summed E-state index contributed by atoms with van der Waals surface area (Å²) >= 11 is 7.92. The summed E-state index contributed by atoms with van der Waals surface area (Å²) in [4.78, 5) is 17.8. The van der Waals surface area contributed by atoms with E-state index in [-0.39, 0.29) is 12.0 Å². The van der Waals surface area contributed by atoms with Crippen LogP contribution in [0.25, 0.3) is 22.0 Å². The molecule has 0 aliphatic carbocycles. The first-order chi connectivity index (χ1) is 15.6. The van der Waals surface area contributed by atoms with Gasteiger partial charge in [0.25, 0.3) is 5.91 Å². The summed E-state index contributed by atoms with van der Waals surface area (Å²) in [6.07, 6.45) is 3.00. The summed E-state index contributed by atoms with van der Waals surface area (Å²) in [5.41, 5.74) is 4.27. The fraction of sp³-hybridized carbons (Fsp3) is 0.417. The number of carbonyl (C=O) groups is 1. The highest BCUT2D eigenvalue weighted by Gasteiger charge is 2.22. The average molecular weight is 474 g/mol. The van der Waals surface area contributed by atoms with E-state index in [0.717, 1.165) is 60.1 Å². The van der Waals surface area contributed by atoms with E-state index in [1.54, 1.807) is 18.4 Å². The average Bonchev–Trinajstić information content (AvgIpc) is 3.54. The van der Waals surface area contributed by atoms with Gasteiger partial charge < -0.3 is 19.4 Å². The predicted octanol–water partition coefficient (Wildman–Crippen LogP) is 5.19. The summed E-state index contributed by atoms with van der Waals surface area (Å²) in [6, 6.07) is 9.64. The van der Waals surface area contributed by atoms with Crippen molar-refractivity contribution in [2.75, 3.05) is 26.9 Å². The third kappa shape index (κ3) is 5.07. The molecule has 3 heterocycles. The Morgan fingerprint density at radius 2 is 2.25 bits per heavy atom. The molecule has 1 fully saturated rings. The zero-order valence-corrected chi connectivity index (χ0v) is 20.0. The molecule has 0 saturated carbocycles. The van der Waals surface area contributed by atoms with Crippen molar-refractivity contribution in [1.82, 2.24) is 14.9 Å². The molecular weight excluding hydrogens is 446 g/mol. The number of benzene rings is 1. The normalized spacial score (nSPS) is 15.9. The van der Waals surface area contributed by atoms with Crippen molar-refractivity contribution < 1.29 is 14.3 Å². The summed E-state index contributed by atoms with van der Waals surface area (Å²) in [6.45, 7) is 4.69. The SMILES string of the molecule is COCCCn1c(-c2csc(-c3ccccc3Cl)n2)cc(C(=O)NCC2CCCO2)c1C. The number of ether oxygens (including phenoxy) is 2. The number of amides is 1. The minimum absolute atomic E-state index is 0.0775. The number of rotatable bonds is 9. The Morgan fingerprint density at radius 1 is 1.41 bits per heavy atom. The molecule has 6 nitrogen and oxygen atoms in total. The number of hydrogen-bond donors (Lipinski definition) is 1. The molecule has 1 aliphatic rings. The van der Waals surface area contributed by atoms with Gasteiger partial charge in [0.1, 0.15) is 5.01 Å². The molecule has 0 spiro atoms. The monoisotopic (exact) mass is 473 g/mol. The predicted molar refractivity (Wildman–Crippen MR) is 129 cm³/mol. The summed E-state index contributed by atoms with van der Waals surface area (Å²) in [5.74, 6) is -0.0775. The molecule has 3 aromatic rings. The number of nitrogens with zero attached hydrogens (tertiary/aromatic N) is 2. The van der Waals surface area contributed by atoms with Gasteiger partial charge in [0.05, 0.1) is 28.1 Å². The molecule has 4 rings (SSSR count). The van der Waals surface area contributed by atoms with Crippen LogP contribution in [-0.2, 0) is 16.0 Å².